The lowest BCUT2D eigenvalue weighted by molar-refractivity contribution is -0.120. The van der Waals surface area contributed by atoms with E-state index in [2.05, 4.69) is 0 Å². The van der Waals surface area contributed by atoms with Crippen LogP contribution < -0.4 is 9.64 Å². The van der Waals surface area contributed by atoms with Gasteiger partial charge in [-0.05, 0) is 55.8 Å². The number of anilines is 1. The standard InChI is InChI=1S/C17H18ClNO2/c1-3-19(15-6-4-5-13(2)11-15)17(20)12-21-16-9-7-14(18)8-10-16/h4-11H,3,12H2,1-2H3. The highest BCUT2D eigenvalue weighted by atomic mass is 35.5. The maximum Gasteiger partial charge on any atom is 0.264 e. The second-order valence-corrected chi connectivity index (χ2v) is 5.16. The van der Waals surface area contributed by atoms with Crippen LogP contribution in [0.15, 0.2) is 48.5 Å². The highest BCUT2D eigenvalue weighted by Crippen LogP contribution is 2.18. The summed E-state index contributed by atoms with van der Waals surface area (Å²) in [5, 5.41) is 0.642. The summed E-state index contributed by atoms with van der Waals surface area (Å²) in [6, 6.07) is 14.8. The molecule has 4 heteroatoms. The third-order valence-electron chi connectivity index (χ3n) is 3.11. The number of halogens is 1. The predicted octanol–water partition coefficient (Wildman–Crippen LogP) is 4.08. The SMILES string of the molecule is CCN(C(=O)COc1ccc(Cl)cc1)c1cccc(C)c1. The summed E-state index contributed by atoms with van der Waals surface area (Å²) in [5.41, 5.74) is 2.01. The van der Waals surface area contributed by atoms with Crippen molar-refractivity contribution in [3.05, 3.63) is 59.1 Å². The zero-order valence-electron chi connectivity index (χ0n) is 12.2. The van der Waals surface area contributed by atoms with E-state index in [-0.39, 0.29) is 12.5 Å². The molecule has 0 N–H and O–H groups in total. The van der Waals surface area contributed by atoms with Crippen molar-refractivity contribution in [3.63, 3.8) is 0 Å². The van der Waals surface area contributed by atoms with Crippen molar-refractivity contribution in [2.24, 2.45) is 0 Å². The fraction of sp³-hybridized carbons (Fsp3) is 0.235. The van der Waals surface area contributed by atoms with Gasteiger partial charge in [-0.25, -0.2) is 0 Å². The monoisotopic (exact) mass is 303 g/mol. The molecule has 0 spiro atoms. The van der Waals surface area contributed by atoms with Crippen LogP contribution >= 0.6 is 11.6 Å². The van der Waals surface area contributed by atoms with Crippen LogP contribution in [0.25, 0.3) is 0 Å². The van der Waals surface area contributed by atoms with Gasteiger partial charge in [0.25, 0.3) is 5.91 Å². The lowest BCUT2D eigenvalue weighted by Crippen LogP contribution is -2.34. The van der Waals surface area contributed by atoms with Crippen LogP contribution in [0.1, 0.15) is 12.5 Å². The van der Waals surface area contributed by atoms with E-state index < -0.39 is 0 Å². The smallest absolute Gasteiger partial charge is 0.264 e. The summed E-state index contributed by atoms with van der Waals surface area (Å²) >= 11 is 5.81. The molecule has 0 fully saturated rings. The highest BCUT2D eigenvalue weighted by molar-refractivity contribution is 6.30. The van der Waals surface area contributed by atoms with Gasteiger partial charge in [-0.3, -0.25) is 4.79 Å². The molecule has 2 rings (SSSR count). The van der Waals surface area contributed by atoms with Gasteiger partial charge in [-0.2, -0.15) is 0 Å². The van der Waals surface area contributed by atoms with E-state index in [0.717, 1.165) is 11.3 Å². The first-order chi connectivity index (χ1) is 10.1. The summed E-state index contributed by atoms with van der Waals surface area (Å²) in [5.74, 6) is 0.561. The molecule has 2 aromatic rings. The molecule has 0 bridgehead atoms. The van der Waals surface area contributed by atoms with Gasteiger partial charge in [0.2, 0.25) is 0 Å². The first-order valence-corrected chi connectivity index (χ1v) is 7.23. The summed E-state index contributed by atoms with van der Waals surface area (Å²) in [6.07, 6.45) is 0. The summed E-state index contributed by atoms with van der Waals surface area (Å²) < 4.78 is 5.51. The average Bonchev–Trinajstić information content (AvgIpc) is 2.47. The van der Waals surface area contributed by atoms with Crippen molar-refractivity contribution in [2.45, 2.75) is 13.8 Å². The van der Waals surface area contributed by atoms with Crippen molar-refractivity contribution < 1.29 is 9.53 Å². The Balaban J connectivity index is 2.02. The summed E-state index contributed by atoms with van der Waals surface area (Å²) in [6.45, 7) is 4.56. The molecule has 110 valence electrons. The fourth-order valence-electron chi connectivity index (χ4n) is 2.05. The fourth-order valence-corrected chi connectivity index (χ4v) is 2.18. The van der Waals surface area contributed by atoms with E-state index in [4.69, 9.17) is 16.3 Å². The third kappa shape index (κ3) is 4.23. The van der Waals surface area contributed by atoms with Crippen LogP contribution in [0, 0.1) is 6.92 Å². The number of carbonyl (C=O) groups is 1. The molecule has 0 unspecified atom stereocenters. The normalized spacial score (nSPS) is 10.2. The van der Waals surface area contributed by atoms with Crippen LogP contribution in [0.2, 0.25) is 5.02 Å². The first-order valence-electron chi connectivity index (χ1n) is 6.85. The molecule has 1 amide bonds. The highest BCUT2D eigenvalue weighted by Gasteiger charge is 2.14. The maximum absolute atomic E-state index is 12.3. The third-order valence-corrected chi connectivity index (χ3v) is 3.36. The largest absolute Gasteiger partial charge is 0.484 e. The van der Waals surface area contributed by atoms with Gasteiger partial charge < -0.3 is 9.64 Å². The molecule has 0 heterocycles. The second kappa shape index (κ2) is 7.14. The number of amides is 1. The van der Waals surface area contributed by atoms with Crippen molar-refractivity contribution >= 4 is 23.2 Å². The quantitative estimate of drug-likeness (QED) is 0.833. The van der Waals surface area contributed by atoms with Gasteiger partial charge >= 0.3 is 0 Å². The van der Waals surface area contributed by atoms with Crippen LogP contribution in [-0.4, -0.2) is 19.1 Å². The van der Waals surface area contributed by atoms with E-state index in [1.807, 2.05) is 38.1 Å². The molecule has 0 atom stereocenters. The average molecular weight is 304 g/mol. The van der Waals surface area contributed by atoms with E-state index in [1.54, 1.807) is 29.2 Å². The molecule has 0 aromatic heterocycles. The van der Waals surface area contributed by atoms with Crippen LogP contribution in [0.3, 0.4) is 0 Å². The zero-order chi connectivity index (χ0) is 15.2. The Labute approximate surface area is 130 Å². The molecular weight excluding hydrogens is 286 g/mol. The zero-order valence-corrected chi connectivity index (χ0v) is 12.9. The molecular formula is C17H18ClNO2. The minimum atomic E-state index is -0.0713. The Kier molecular flexibility index (Phi) is 5.23. The Morgan fingerprint density at radius 3 is 2.52 bits per heavy atom. The molecule has 21 heavy (non-hydrogen) atoms. The van der Waals surface area contributed by atoms with Crippen molar-refractivity contribution in [2.75, 3.05) is 18.1 Å². The number of hydrogen-bond donors (Lipinski definition) is 0. The number of carbonyl (C=O) groups excluding carboxylic acids is 1. The van der Waals surface area contributed by atoms with Gasteiger partial charge in [-0.1, -0.05) is 23.7 Å². The number of benzene rings is 2. The van der Waals surface area contributed by atoms with Gasteiger partial charge in [0, 0.05) is 17.3 Å². The number of nitrogens with zero attached hydrogens (tertiary/aromatic N) is 1. The van der Waals surface area contributed by atoms with Crippen LogP contribution in [0.4, 0.5) is 5.69 Å². The van der Waals surface area contributed by atoms with E-state index >= 15 is 0 Å². The van der Waals surface area contributed by atoms with Crippen molar-refractivity contribution in [1.29, 1.82) is 0 Å². The molecule has 3 nitrogen and oxygen atoms in total. The lowest BCUT2D eigenvalue weighted by Gasteiger charge is -2.21. The molecule has 0 saturated heterocycles. The van der Waals surface area contributed by atoms with Crippen molar-refractivity contribution in [3.8, 4) is 5.75 Å². The van der Waals surface area contributed by atoms with Gasteiger partial charge in [-0.15, -0.1) is 0 Å². The number of aryl methyl sites for hydroxylation is 1. The van der Waals surface area contributed by atoms with Crippen molar-refractivity contribution in [1.82, 2.24) is 0 Å². The Bertz CT molecular complexity index is 610. The number of likely N-dealkylation sites (N-methyl/N-ethyl adjacent to an activating group) is 1. The molecule has 0 aliphatic carbocycles. The Morgan fingerprint density at radius 2 is 1.90 bits per heavy atom. The minimum absolute atomic E-state index is 0.00339. The van der Waals surface area contributed by atoms with E-state index in [1.165, 1.54) is 0 Å². The van der Waals surface area contributed by atoms with Crippen LogP contribution in [-0.2, 0) is 4.79 Å². The molecule has 0 aliphatic rings. The molecule has 0 saturated carbocycles. The maximum atomic E-state index is 12.3. The lowest BCUT2D eigenvalue weighted by atomic mass is 10.2. The Morgan fingerprint density at radius 1 is 1.19 bits per heavy atom. The predicted molar refractivity (Wildman–Crippen MR) is 86.2 cm³/mol. The van der Waals surface area contributed by atoms with Gasteiger partial charge in [0.15, 0.2) is 6.61 Å². The topological polar surface area (TPSA) is 29.5 Å². The van der Waals surface area contributed by atoms with E-state index in [0.29, 0.717) is 17.3 Å². The number of hydrogen-bond acceptors (Lipinski definition) is 2. The van der Waals surface area contributed by atoms with Gasteiger partial charge in [0.1, 0.15) is 5.75 Å². The molecule has 0 radical (unpaired) electrons. The van der Waals surface area contributed by atoms with Crippen LogP contribution in [0.5, 0.6) is 5.75 Å². The molecule has 0 aliphatic heterocycles. The van der Waals surface area contributed by atoms with E-state index in [9.17, 15) is 4.79 Å². The summed E-state index contributed by atoms with van der Waals surface area (Å²) in [4.78, 5) is 14.0. The number of ether oxygens (including phenoxy) is 1. The first kappa shape index (κ1) is 15.4. The number of rotatable bonds is 5. The van der Waals surface area contributed by atoms with Gasteiger partial charge in [0.05, 0.1) is 0 Å². The minimum Gasteiger partial charge on any atom is -0.484 e. The molecule has 2 aromatic carbocycles. The second-order valence-electron chi connectivity index (χ2n) is 4.72. The Hall–Kier alpha value is -2.00. The summed E-state index contributed by atoms with van der Waals surface area (Å²) in [7, 11) is 0.